The SMILES string of the molecule is Cc1nc(N)nc(N(C)C2CC2)c1C. The Kier molecular flexibility index (Phi) is 2.06. The highest BCUT2D eigenvalue weighted by Crippen LogP contribution is 2.31. The zero-order valence-corrected chi connectivity index (χ0v) is 8.91. The molecule has 0 unspecified atom stereocenters. The van der Waals surface area contributed by atoms with Crippen LogP contribution in [0, 0.1) is 13.8 Å². The Morgan fingerprint density at radius 1 is 1.29 bits per heavy atom. The van der Waals surface area contributed by atoms with E-state index in [4.69, 9.17) is 5.73 Å². The first kappa shape index (κ1) is 9.24. The molecule has 14 heavy (non-hydrogen) atoms. The summed E-state index contributed by atoms with van der Waals surface area (Å²) in [7, 11) is 2.08. The highest BCUT2D eigenvalue weighted by atomic mass is 15.2. The van der Waals surface area contributed by atoms with Gasteiger partial charge in [-0.25, -0.2) is 4.98 Å². The molecule has 1 aliphatic carbocycles. The van der Waals surface area contributed by atoms with Gasteiger partial charge in [0.05, 0.1) is 0 Å². The van der Waals surface area contributed by atoms with Crippen LogP contribution in [0.15, 0.2) is 0 Å². The van der Waals surface area contributed by atoms with Gasteiger partial charge in [-0.2, -0.15) is 4.98 Å². The van der Waals surface area contributed by atoms with Gasteiger partial charge in [0.15, 0.2) is 0 Å². The van der Waals surface area contributed by atoms with Crippen LogP contribution in [-0.2, 0) is 0 Å². The summed E-state index contributed by atoms with van der Waals surface area (Å²) < 4.78 is 0. The maximum Gasteiger partial charge on any atom is 0.222 e. The lowest BCUT2D eigenvalue weighted by Crippen LogP contribution is -2.23. The van der Waals surface area contributed by atoms with Crippen molar-refractivity contribution in [1.29, 1.82) is 0 Å². The smallest absolute Gasteiger partial charge is 0.222 e. The normalized spacial score (nSPS) is 15.6. The largest absolute Gasteiger partial charge is 0.368 e. The molecule has 0 saturated heterocycles. The van der Waals surface area contributed by atoms with E-state index in [2.05, 4.69) is 21.9 Å². The van der Waals surface area contributed by atoms with Crippen molar-refractivity contribution in [2.24, 2.45) is 0 Å². The maximum absolute atomic E-state index is 5.64. The van der Waals surface area contributed by atoms with Crippen LogP contribution in [0.5, 0.6) is 0 Å². The lowest BCUT2D eigenvalue weighted by molar-refractivity contribution is 0.874. The third-order valence-corrected chi connectivity index (χ3v) is 2.81. The van der Waals surface area contributed by atoms with Crippen molar-refractivity contribution in [3.8, 4) is 0 Å². The molecule has 1 aromatic rings. The molecule has 2 rings (SSSR count). The Balaban J connectivity index is 2.39. The van der Waals surface area contributed by atoms with Gasteiger partial charge in [-0.1, -0.05) is 0 Å². The predicted molar refractivity (Wildman–Crippen MR) is 57.3 cm³/mol. The number of aromatic nitrogens is 2. The van der Waals surface area contributed by atoms with Crippen LogP contribution in [0.2, 0.25) is 0 Å². The van der Waals surface area contributed by atoms with Gasteiger partial charge in [0.25, 0.3) is 0 Å². The Morgan fingerprint density at radius 3 is 2.50 bits per heavy atom. The third-order valence-electron chi connectivity index (χ3n) is 2.81. The molecule has 1 aliphatic rings. The molecule has 2 N–H and O–H groups in total. The Hall–Kier alpha value is -1.32. The number of aryl methyl sites for hydroxylation is 1. The van der Waals surface area contributed by atoms with E-state index in [0.717, 1.165) is 17.1 Å². The van der Waals surface area contributed by atoms with Gasteiger partial charge in [-0.15, -0.1) is 0 Å². The van der Waals surface area contributed by atoms with Crippen molar-refractivity contribution in [3.05, 3.63) is 11.3 Å². The second-order valence-electron chi connectivity index (χ2n) is 3.96. The zero-order chi connectivity index (χ0) is 10.3. The summed E-state index contributed by atoms with van der Waals surface area (Å²) in [4.78, 5) is 10.6. The minimum Gasteiger partial charge on any atom is -0.368 e. The number of rotatable bonds is 2. The summed E-state index contributed by atoms with van der Waals surface area (Å²) >= 11 is 0. The van der Waals surface area contributed by atoms with Crippen molar-refractivity contribution in [2.75, 3.05) is 17.7 Å². The molecule has 0 radical (unpaired) electrons. The topological polar surface area (TPSA) is 55.0 Å². The average Bonchev–Trinajstić information content (AvgIpc) is 2.93. The first-order valence-corrected chi connectivity index (χ1v) is 4.93. The molecule has 4 heteroatoms. The van der Waals surface area contributed by atoms with Crippen molar-refractivity contribution in [3.63, 3.8) is 0 Å². The number of nitrogens with two attached hydrogens (primary N) is 1. The number of nitrogen functional groups attached to an aromatic ring is 1. The fourth-order valence-corrected chi connectivity index (χ4v) is 1.61. The van der Waals surface area contributed by atoms with E-state index in [1.165, 1.54) is 12.8 Å². The highest BCUT2D eigenvalue weighted by Gasteiger charge is 2.28. The molecule has 0 atom stereocenters. The van der Waals surface area contributed by atoms with Crippen molar-refractivity contribution < 1.29 is 0 Å². The standard InChI is InChI=1S/C10H16N4/c1-6-7(2)12-10(11)13-9(6)14(3)8-4-5-8/h8H,4-5H2,1-3H3,(H2,11,12,13). The van der Waals surface area contributed by atoms with Crippen LogP contribution in [0.3, 0.4) is 0 Å². The summed E-state index contributed by atoms with van der Waals surface area (Å²) in [5, 5.41) is 0. The maximum atomic E-state index is 5.64. The molecule has 0 aromatic carbocycles. The third kappa shape index (κ3) is 1.52. The van der Waals surface area contributed by atoms with Gasteiger partial charge in [0.1, 0.15) is 5.82 Å². The summed E-state index contributed by atoms with van der Waals surface area (Å²) in [5.74, 6) is 1.35. The minimum absolute atomic E-state index is 0.371. The Morgan fingerprint density at radius 2 is 1.93 bits per heavy atom. The van der Waals surface area contributed by atoms with E-state index in [1.807, 2.05) is 13.8 Å². The van der Waals surface area contributed by atoms with Crippen LogP contribution in [0.1, 0.15) is 24.1 Å². The molecule has 1 aromatic heterocycles. The van der Waals surface area contributed by atoms with Gasteiger partial charge in [-0.3, -0.25) is 0 Å². The van der Waals surface area contributed by atoms with Gasteiger partial charge < -0.3 is 10.6 Å². The van der Waals surface area contributed by atoms with E-state index in [9.17, 15) is 0 Å². The van der Waals surface area contributed by atoms with E-state index < -0.39 is 0 Å². The van der Waals surface area contributed by atoms with E-state index >= 15 is 0 Å². The van der Waals surface area contributed by atoms with E-state index in [-0.39, 0.29) is 0 Å². The lowest BCUT2D eigenvalue weighted by atomic mass is 10.2. The van der Waals surface area contributed by atoms with Gasteiger partial charge >= 0.3 is 0 Å². The number of hydrogen-bond acceptors (Lipinski definition) is 4. The second kappa shape index (κ2) is 3.12. The summed E-state index contributed by atoms with van der Waals surface area (Å²) in [5.41, 5.74) is 7.74. The summed E-state index contributed by atoms with van der Waals surface area (Å²) in [6.45, 7) is 4.01. The van der Waals surface area contributed by atoms with Crippen LogP contribution in [0.4, 0.5) is 11.8 Å². The molecule has 4 nitrogen and oxygen atoms in total. The van der Waals surface area contributed by atoms with Crippen LogP contribution in [-0.4, -0.2) is 23.1 Å². The molecule has 0 aliphatic heterocycles. The van der Waals surface area contributed by atoms with Crippen molar-refractivity contribution in [1.82, 2.24) is 9.97 Å². The number of hydrogen-bond donors (Lipinski definition) is 1. The van der Waals surface area contributed by atoms with Crippen molar-refractivity contribution in [2.45, 2.75) is 32.7 Å². The average molecular weight is 192 g/mol. The van der Waals surface area contributed by atoms with E-state index in [1.54, 1.807) is 0 Å². The number of anilines is 2. The second-order valence-corrected chi connectivity index (χ2v) is 3.96. The summed E-state index contributed by atoms with van der Waals surface area (Å²) in [6.07, 6.45) is 2.53. The predicted octanol–water partition coefficient (Wildman–Crippen LogP) is 1.27. The minimum atomic E-state index is 0.371. The quantitative estimate of drug-likeness (QED) is 0.766. The van der Waals surface area contributed by atoms with Gasteiger partial charge in [0.2, 0.25) is 5.95 Å². The first-order chi connectivity index (χ1) is 6.59. The molecular weight excluding hydrogens is 176 g/mol. The molecule has 76 valence electrons. The monoisotopic (exact) mass is 192 g/mol. The molecule has 1 saturated carbocycles. The Labute approximate surface area is 84.2 Å². The highest BCUT2D eigenvalue weighted by molar-refractivity contribution is 5.51. The van der Waals surface area contributed by atoms with Crippen LogP contribution >= 0.6 is 0 Å². The zero-order valence-electron chi connectivity index (χ0n) is 8.91. The molecular formula is C10H16N4. The molecule has 1 fully saturated rings. The fourth-order valence-electron chi connectivity index (χ4n) is 1.61. The molecule has 0 bridgehead atoms. The fraction of sp³-hybridized carbons (Fsp3) is 0.600. The molecule has 1 heterocycles. The van der Waals surface area contributed by atoms with E-state index in [0.29, 0.717) is 12.0 Å². The lowest BCUT2D eigenvalue weighted by Gasteiger charge is -2.20. The first-order valence-electron chi connectivity index (χ1n) is 4.93. The van der Waals surface area contributed by atoms with Gasteiger partial charge in [0, 0.05) is 24.3 Å². The van der Waals surface area contributed by atoms with Crippen LogP contribution in [0.25, 0.3) is 0 Å². The van der Waals surface area contributed by atoms with Crippen molar-refractivity contribution >= 4 is 11.8 Å². The van der Waals surface area contributed by atoms with Crippen LogP contribution < -0.4 is 10.6 Å². The molecule has 0 spiro atoms. The van der Waals surface area contributed by atoms with Gasteiger partial charge in [-0.05, 0) is 26.7 Å². The molecule has 0 amide bonds. The Bertz CT molecular complexity index is 357. The number of nitrogens with zero attached hydrogens (tertiary/aromatic N) is 3. The summed E-state index contributed by atoms with van der Waals surface area (Å²) in [6, 6.07) is 0.655.